The van der Waals surface area contributed by atoms with Gasteiger partial charge in [-0.2, -0.15) is 14.0 Å². The highest BCUT2D eigenvalue weighted by Crippen LogP contribution is 2.49. The summed E-state index contributed by atoms with van der Waals surface area (Å²) in [6.45, 7) is 8.34. The predicted octanol–water partition coefficient (Wildman–Crippen LogP) is 4.52. The van der Waals surface area contributed by atoms with E-state index < -0.39 is 110 Å². The summed E-state index contributed by atoms with van der Waals surface area (Å²) in [6, 6.07) is 3.55. The number of carbonyl (C=O) groups is 4. The van der Waals surface area contributed by atoms with Gasteiger partial charge in [-0.1, -0.05) is 40.2 Å². The highest BCUT2D eigenvalue weighted by atomic mass is 32.2. The Morgan fingerprint density at radius 1 is 1.17 bits per heavy atom. The summed E-state index contributed by atoms with van der Waals surface area (Å²) in [7, 11) is -4.21. The molecule has 1 aliphatic heterocycles. The number of nitriles is 1. The summed E-state index contributed by atoms with van der Waals surface area (Å²) >= 11 is 0. The van der Waals surface area contributed by atoms with Crippen molar-refractivity contribution in [1.29, 1.82) is 5.26 Å². The molecule has 326 valence electrons. The first-order chi connectivity index (χ1) is 28.0. The number of allylic oxidation sites excluding steroid dienone is 2. The van der Waals surface area contributed by atoms with Crippen LogP contribution in [0, 0.1) is 34.5 Å². The van der Waals surface area contributed by atoms with Crippen LogP contribution < -0.4 is 20.9 Å². The molecule has 6 rings (SSSR count). The van der Waals surface area contributed by atoms with Gasteiger partial charge in [0.05, 0.1) is 33.3 Å². The molecule has 0 bridgehead atoms. The van der Waals surface area contributed by atoms with Gasteiger partial charge in [0.2, 0.25) is 28.3 Å². The number of benzene rings is 1. The minimum Gasteiger partial charge on any atom is -0.446 e. The quantitative estimate of drug-likeness (QED) is 0.145. The Hall–Kier alpha value is -5.06. The van der Waals surface area contributed by atoms with Crippen molar-refractivity contribution in [2.24, 2.45) is 23.2 Å². The number of rotatable bonds is 15. The lowest BCUT2D eigenvalue weighted by Gasteiger charge is -2.36. The van der Waals surface area contributed by atoms with Crippen LogP contribution in [0.2, 0.25) is 0 Å². The third kappa shape index (κ3) is 9.00. The first kappa shape index (κ1) is 44.5. The van der Waals surface area contributed by atoms with Gasteiger partial charge in [-0.15, -0.1) is 0 Å². The number of sulfonamides is 1. The van der Waals surface area contributed by atoms with Crippen LogP contribution in [-0.4, -0.2) is 88.5 Å². The van der Waals surface area contributed by atoms with Crippen LogP contribution >= 0.6 is 0 Å². The van der Waals surface area contributed by atoms with Crippen molar-refractivity contribution in [3.8, 4) is 6.07 Å². The number of nitrogens with zero attached hydrogens (tertiary/aromatic N) is 3. The van der Waals surface area contributed by atoms with Crippen molar-refractivity contribution in [3.05, 3.63) is 52.0 Å². The standard InChI is InChI=1S/C40H49F4N7O8S/c1-6-22-12-16-51(28(22)32(52)49-39(19-24(39)31(41)42)35(55)50-60(57,58)38(5)14-15-38)34(54)30(37(2,3)4)48-36(56)59-27-18-23(27)9-7-8-13-40(43,44)29-33(53)47-26-17-21(20-45)10-11-25(26)46-29/h8,10-11,13,17,22-24,27-28,30-31H,6-7,9,12,14-16,18-19H2,1-5H3,(H,47,53)(H,48,56)(H,49,52)(H,50,55)/b13-8+/t22-,23-,24+,27-,28+,30-,39-/m1/s1. The Bertz CT molecular complexity index is 2310. The second-order valence-electron chi connectivity index (χ2n) is 17.7. The van der Waals surface area contributed by atoms with Crippen LogP contribution in [0.1, 0.15) is 97.2 Å². The highest BCUT2D eigenvalue weighted by Gasteiger charge is 2.67. The smallest absolute Gasteiger partial charge is 0.408 e. The predicted molar refractivity (Wildman–Crippen MR) is 208 cm³/mol. The maximum atomic E-state index is 15.0. The lowest BCUT2D eigenvalue weighted by Crippen LogP contribution is -2.61. The van der Waals surface area contributed by atoms with E-state index in [9.17, 15) is 41.2 Å². The maximum Gasteiger partial charge on any atom is 0.408 e. The number of alkyl carbamates (subject to hydrolysis) is 1. The third-order valence-corrected chi connectivity index (χ3v) is 14.3. The Morgan fingerprint density at radius 3 is 2.47 bits per heavy atom. The van der Waals surface area contributed by atoms with Crippen molar-refractivity contribution < 1.29 is 49.9 Å². The zero-order valence-corrected chi connectivity index (χ0v) is 34.6. The number of amides is 4. The zero-order chi connectivity index (χ0) is 44.2. The first-order valence-electron chi connectivity index (χ1n) is 19.9. The van der Waals surface area contributed by atoms with Gasteiger partial charge < -0.3 is 25.3 Å². The number of nitrogens with one attached hydrogen (secondary N) is 4. The molecule has 0 unspecified atom stereocenters. The fourth-order valence-corrected chi connectivity index (χ4v) is 9.10. The van der Waals surface area contributed by atoms with E-state index in [0.29, 0.717) is 31.8 Å². The number of carbonyl (C=O) groups excluding carboxylic acids is 4. The molecule has 4 N–H and O–H groups in total. The first-order valence-corrected chi connectivity index (χ1v) is 21.4. The molecule has 0 spiro atoms. The minimum absolute atomic E-state index is 0.0781. The molecule has 4 fully saturated rings. The summed E-state index contributed by atoms with van der Waals surface area (Å²) in [6.07, 6.45) is -0.943. The van der Waals surface area contributed by atoms with Gasteiger partial charge in [-0.05, 0) is 93.4 Å². The number of hydrogen-bond donors (Lipinski definition) is 4. The zero-order valence-electron chi connectivity index (χ0n) is 33.8. The van der Waals surface area contributed by atoms with Crippen LogP contribution in [-0.2, 0) is 35.1 Å². The molecule has 15 nitrogen and oxygen atoms in total. The van der Waals surface area contributed by atoms with E-state index in [-0.39, 0.29) is 48.3 Å². The molecule has 2 aromatic rings. The molecule has 3 saturated carbocycles. The van der Waals surface area contributed by atoms with Crippen LogP contribution in [0.3, 0.4) is 0 Å². The largest absolute Gasteiger partial charge is 0.446 e. The molecule has 0 radical (unpaired) electrons. The van der Waals surface area contributed by atoms with Crippen LogP contribution in [0.4, 0.5) is 22.4 Å². The molecule has 3 aliphatic carbocycles. The van der Waals surface area contributed by atoms with Gasteiger partial charge in [0.15, 0.2) is 5.69 Å². The minimum atomic E-state index is -4.21. The van der Waals surface area contributed by atoms with Gasteiger partial charge in [0.25, 0.3) is 11.5 Å². The summed E-state index contributed by atoms with van der Waals surface area (Å²) < 4.78 is 89.9. The normalized spacial score (nSPS) is 26.4. The van der Waals surface area contributed by atoms with E-state index in [2.05, 4.69) is 20.6 Å². The van der Waals surface area contributed by atoms with Crippen LogP contribution in [0.15, 0.2) is 35.1 Å². The van der Waals surface area contributed by atoms with Crippen molar-refractivity contribution >= 4 is 44.9 Å². The SMILES string of the molecule is CC[C@@H]1CCN(C(=O)[C@@H](NC(=O)O[C@@H]2C[C@H]2CC/C=C/C(F)(F)c2nc3ccc(C#N)cc3[nH]c2=O)C(C)(C)C)[C@@H]1C(=O)N[C@]1(C(=O)NS(=O)(=O)C2(C)CC2)C[C@H]1C(F)F. The van der Waals surface area contributed by atoms with Crippen molar-refractivity contribution in [1.82, 2.24) is 30.2 Å². The second-order valence-corrected chi connectivity index (χ2v) is 19.9. The van der Waals surface area contributed by atoms with Crippen molar-refractivity contribution in [3.63, 3.8) is 0 Å². The maximum absolute atomic E-state index is 15.0. The summed E-state index contributed by atoms with van der Waals surface area (Å²) in [5.74, 6) is -8.74. The van der Waals surface area contributed by atoms with Gasteiger partial charge in [-0.25, -0.2) is 27.0 Å². The van der Waals surface area contributed by atoms with E-state index >= 15 is 8.78 Å². The molecule has 1 aromatic heterocycles. The lowest BCUT2D eigenvalue weighted by atomic mass is 9.85. The lowest BCUT2D eigenvalue weighted by molar-refractivity contribution is -0.144. The highest BCUT2D eigenvalue weighted by molar-refractivity contribution is 7.91. The van der Waals surface area contributed by atoms with Gasteiger partial charge >= 0.3 is 12.0 Å². The molecular weight excluding hydrogens is 815 g/mol. The van der Waals surface area contributed by atoms with E-state index in [1.54, 1.807) is 27.7 Å². The van der Waals surface area contributed by atoms with Crippen molar-refractivity contribution in [2.75, 3.05) is 6.54 Å². The molecule has 7 atom stereocenters. The fraction of sp³-hybridized carbons (Fsp3) is 0.625. The van der Waals surface area contributed by atoms with Gasteiger partial charge in [0, 0.05) is 6.54 Å². The van der Waals surface area contributed by atoms with E-state index in [4.69, 9.17) is 10.00 Å². The number of fused-ring (bicyclic) bond motifs is 1. The van der Waals surface area contributed by atoms with E-state index in [1.807, 2.05) is 10.8 Å². The fourth-order valence-electron chi connectivity index (χ4n) is 7.79. The Kier molecular flexibility index (Phi) is 11.9. The Labute approximate surface area is 344 Å². The van der Waals surface area contributed by atoms with Crippen LogP contribution in [0.25, 0.3) is 11.0 Å². The average Bonchev–Trinajstić information content (AvgIpc) is 4.13. The summed E-state index contributed by atoms with van der Waals surface area (Å²) in [4.78, 5) is 74.5. The monoisotopic (exact) mass is 863 g/mol. The summed E-state index contributed by atoms with van der Waals surface area (Å²) in [5, 5.41) is 14.1. The number of H-pyrrole nitrogens is 1. The molecule has 20 heteroatoms. The number of hydrogen-bond acceptors (Lipinski definition) is 10. The molecular formula is C40H49F4N7O8S. The second kappa shape index (κ2) is 16.1. The third-order valence-electron chi connectivity index (χ3n) is 12.2. The molecule has 1 saturated heterocycles. The molecule has 1 aromatic carbocycles. The van der Waals surface area contributed by atoms with Gasteiger partial charge in [0.1, 0.15) is 23.7 Å². The Morgan fingerprint density at radius 2 is 1.87 bits per heavy atom. The topological polar surface area (TPSA) is 221 Å². The van der Waals surface area contributed by atoms with Crippen molar-refractivity contribution in [2.45, 2.75) is 127 Å². The average molecular weight is 864 g/mol. The molecule has 2 heterocycles. The number of halogens is 4. The van der Waals surface area contributed by atoms with E-state index in [0.717, 1.165) is 0 Å². The molecule has 60 heavy (non-hydrogen) atoms. The number of likely N-dealkylation sites (tertiary alicyclic amines) is 1. The molecule has 4 amide bonds. The van der Waals surface area contributed by atoms with Gasteiger partial charge in [-0.3, -0.25) is 23.9 Å². The number of alkyl halides is 4. The summed E-state index contributed by atoms with van der Waals surface area (Å²) in [5.41, 5.74) is -4.75. The number of ether oxygens (including phenoxy) is 1. The number of aromatic nitrogens is 2. The molecule has 4 aliphatic rings. The van der Waals surface area contributed by atoms with Crippen LogP contribution in [0.5, 0.6) is 0 Å². The number of aromatic amines is 1. The van der Waals surface area contributed by atoms with E-state index in [1.165, 1.54) is 36.1 Å². The Balaban J connectivity index is 1.05.